The normalized spacial score (nSPS) is 16.3. The second-order valence-corrected chi connectivity index (χ2v) is 3.74. The number of unbranched alkanes of at least 4 members (excludes halogenated alkanes) is 1. The number of urea groups is 1. The fourth-order valence-electron chi connectivity index (χ4n) is 1.55. The van der Waals surface area contributed by atoms with Gasteiger partial charge in [-0.3, -0.25) is 0 Å². The van der Waals surface area contributed by atoms with E-state index in [1.165, 1.54) is 0 Å². The van der Waals surface area contributed by atoms with Crippen LogP contribution in [0.2, 0.25) is 0 Å². The first-order valence-electron chi connectivity index (χ1n) is 5.50. The van der Waals surface area contributed by atoms with Gasteiger partial charge in [0, 0.05) is 32.5 Å². The summed E-state index contributed by atoms with van der Waals surface area (Å²) >= 11 is 0. The van der Waals surface area contributed by atoms with E-state index in [4.69, 9.17) is 5.21 Å². The molecule has 1 fully saturated rings. The van der Waals surface area contributed by atoms with Gasteiger partial charge >= 0.3 is 6.03 Å². The third-order valence-electron chi connectivity index (χ3n) is 2.58. The lowest BCUT2D eigenvalue weighted by molar-refractivity contribution is 0.196. The van der Waals surface area contributed by atoms with Gasteiger partial charge in [0.1, 0.15) is 0 Å². The Morgan fingerprint density at radius 2 is 2.20 bits per heavy atom. The lowest BCUT2D eigenvalue weighted by atomic mass is 10.1. The van der Waals surface area contributed by atoms with E-state index >= 15 is 0 Å². The third kappa shape index (κ3) is 3.77. The average Bonchev–Trinajstić information content (AvgIpc) is 2.29. The molecule has 2 amide bonds. The van der Waals surface area contributed by atoms with E-state index in [1.807, 2.05) is 0 Å². The van der Waals surface area contributed by atoms with Crippen molar-refractivity contribution >= 4 is 11.7 Å². The van der Waals surface area contributed by atoms with Crippen LogP contribution in [-0.2, 0) is 0 Å². The quantitative estimate of drug-likeness (QED) is 0.423. The second-order valence-electron chi connectivity index (χ2n) is 3.74. The Bertz CT molecular complexity index is 231. The zero-order chi connectivity index (χ0) is 11.1. The van der Waals surface area contributed by atoms with E-state index < -0.39 is 0 Å². The molecule has 0 atom stereocenters. The summed E-state index contributed by atoms with van der Waals surface area (Å²) in [5, 5.41) is 14.6. The van der Waals surface area contributed by atoms with Crippen LogP contribution in [0.5, 0.6) is 0 Å². The van der Waals surface area contributed by atoms with Crippen molar-refractivity contribution in [2.24, 2.45) is 5.16 Å². The smallest absolute Gasteiger partial charge is 0.317 e. The van der Waals surface area contributed by atoms with Crippen molar-refractivity contribution in [3.63, 3.8) is 0 Å². The van der Waals surface area contributed by atoms with Crippen LogP contribution in [0.15, 0.2) is 5.16 Å². The van der Waals surface area contributed by atoms with E-state index in [1.54, 1.807) is 4.90 Å². The van der Waals surface area contributed by atoms with Crippen molar-refractivity contribution in [2.45, 2.75) is 32.6 Å². The molecule has 0 aliphatic carbocycles. The predicted octanol–water partition coefficient (Wildman–Crippen LogP) is 1.42. The SMILES string of the molecule is CCCCNC(=O)N1CCC(=NO)CC1. The molecule has 1 aliphatic rings. The summed E-state index contributed by atoms with van der Waals surface area (Å²) < 4.78 is 0. The average molecular weight is 213 g/mol. The first-order chi connectivity index (χ1) is 7.27. The molecule has 1 rings (SSSR count). The van der Waals surface area contributed by atoms with E-state index in [9.17, 15) is 4.79 Å². The minimum atomic E-state index is 0.000407. The highest BCUT2D eigenvalue weighted by molar-refractivity contribution is 5.86. The summed E-state index contributed by atoms with van der Waals surface area (Å²) in [6.07, 6.45) is 3.46. The molecule has 0 unspecified atom stereocenters. The summed E-state index contributed by atoms with van der Waals surface area (Å²) in [5.74, 6) is 0. The fourth-order valence-corrected chi connectivity index (χ4v) is 1.55. The van der Waals surface area contributed by atoms with Crippen LogP contribution in [0, 0.1) is 0 Å². The molecule has 86 valence electrons. The Kier molecular flexibility index (Phi) is 4.93. The van der Waals surface area contributed by atoms with E-state index in [2.05, 4.69) is 17.4 Å². The van der Waals surface area contributed by atoms with Crippen molar-refractivity contribution in [1.29, 1.82) is 0 Å². The Labute approximate surface area is 90.1 Å². The maximum absolute atomic E-state index is 11.6. The fraction of sp³-hybridized carbons (Fsp3) is 0.800. The van der Waals surface area contributed by atoms with Crippen LogP contribution in [-0.4, -0.2) is 41.5 Å². The number of likely N-dealkylation sites (tertiary alicyclic amines) is 1. The van der Waals surface area contributed by atoms with Gasteiger partial charge in [0.05, 0.1) is 5.71 Å². The van der Waals surface area contributed by atoms with Gasteiger partial charge in [-0.15, -0.1) is 0 Å². The number of oxime groups is 1. The second kappa shape index (κ2) is 6.27. The number of nitrogens with one attached hydrogen (secondary N) is 1. The van der Waals surface area contributed by atoms with Crippen molar-refractivity contribution in [3.8, 4) is 0 Å². The lowest BCUT2D eigenvalue weighted by Gasteiger charge is -2.27. The molecule has 1 saturated heterocycles. The van der Waals surface area contributed by atoms with Crippen molar-refractivity contribution in [3.05, 3.63) is 0 Å². The molecular formula is C10H19N3O2. The number of piperidine rings is 1. The number of rotatable bonds is 3. The standard InChI is InChI=1S/C10H19N3O2/c1-2-3-6-11-10(14)13-7-4-9(12-15)5-8-13/h15H,2-8H2,1H3,(H,11,14). The van der Waals surface area contributed by atoms with E-state index in [0.717, 1.165) is 25.1 Å². The monoisotopic (exact) mass is 213 g/mol. The van der Waals surface area contributed by atoms with E-state index in [-0.39, 0.29) is 6.03 Å². The van der Waals surface area contributed by atoms with Crippen LogP contribution in [0.3, 0.4) is 0 Å². The van der Waals surface area contributed by atoms with Gasteiger partial charge in [0.15, 0.2) is 0 Å². The number of nitrogens with zero attached hydrogens (tertiary/aromatic N) is 2. The summed E-state index contributed by atoms with van der Waals surface area (Å²) in [5.41, 5.74) is 0.785. The zero-order valence-corrected chi connectivity index (χ0v) is 9.20. The van der Waals surface area contributed by atoms with Gasteiger partial charge in [-0.2, -0.15) is 0 Å². The maximum atomic E-state index is 11.6. The van der Waals surface area contributed by atoms with Crippen molar-refractivity contribution in [2.75, 3.05) is 19.6 Å². The topological polar surface area (TPSA) is 64.9 Å². The Balaban J connectivity index is 2.24. The zero-order valence-electron chi connectivity index (χ0n) is 9.20. The van der Waals surface area contributed by atoms with Crippen LogP contribution in [0.4, 0.5) is 4.79 Å². The Morgan fingerprint density at radius 1 is 1.53 bits per heavy atom. The number of carbonyl (C=O) groups is 1. The molecule has 0 aromatic carbocycles. The lowest BCUT2D eigenvalue weighted by Crippen LogP contribution is -2.44. The molecule has 2 N–H and O–H groups in total. The van der Waals surface area contributed by atoms with Gasteiger partial charge < -0.3 is 15.4 Å². The molecule has 0 saturated carbocycles. The van der Waals surface area contributed by atoms with Gasteiger partial charge in [-0.25, -0.2) is 4.79 Å². The molecule has 0 aromatic heterocycles. The van der Waals surface area contributed by atoms with Gasteiger partial charge in [0.2, 0.25) is 0 Å². The van der Waals surface area contributed by atoms with Crippen LogP contribution in [0.25, 0.3) is 0 Å². The molecule has 5 nitrogen and oxygen atoms in total. The predicted molar refractivity (Wildman–Crippen MR) is 58.3 cm³/mol. The van der Waals surface area contributed by atoms with Gasteiger partial charge in [0.25, 0.3) is 0 Å². The largest absolute Gasteiger partial charge is 0.411 e. The summed E-state index contributed by atoms with van der Waals surface area (Å²) in [7, 11) is 0. The first-order valence-corrected chi connectivity index (χ1v) is 5.50. The van der Waals surface area contributed by atoms with Crippen molar-refractivity contribution < 1.29 is 10.0 Å². The van der Waals surface area contributed by atoms with Crippen molar-refractivity contribution in [1.82, 2.24) is 10.2 Å². The molecule has 5 heteroatoms. The molecule has 0 aromatic rings. The summed E-state index contributed by atoms with van der Waals surface area (Å²) in [6.45, 7) is 4.14. The number of hydrogen-bond acceptors (Lipinski definition) is 3. The molecule has 1 heterocycles. The summed E-state index contributed by atoms with van der Waals surface area (Å²) in [6, 6.07) is 0.000407. The summed E-state index contributed by atoms with van der Waals surface area (Å²) in [4.78, 5) is 13.3. The molecule has 0 bridgehead atoms. The Morgan fingerprint density at radius 3 is 2.73 bits per heavy atom. The van der Waals surface area contributed by atoms with Gasteiger partial charge in [-0.1, -0.05) is 18.5 Å². The van der Waals surface area contributed by atoms with Crippen LogP contribution < -0.4 is 5.32 Å². The molecule has 1 aliphatic heterocycles. The highest BCUT2D eigenvalue weighted by atomic mass is 16.4. The molecule has 0 spiro atoms. The van der Waals surface area contributed by atoms with Crippen LogP contribution in [0.1, 0.15) is 32.6 Å². The number of amides is 2. The van der Waals surface area contributed by atoms with Gasteiger partial charge in [-0.05, 0) is 6.42 Å². The molecule has 0 radical (unpaired) electrons. The molecular weight excluding hydrogens is 194 g/mol. The van der Waals surface area contributed by atoms with E-state index in [0.29, 0.717) is 25.9 Å². The number of hydrogen-bond donors (Lipinski definition) is 2. The minimum absolute atomic E-state index is 0.000407. The highest BCUT2D eigenvalue weighted by Gasteiger charge is 2.19. The molecule has 15 heavy (non-hydrogen) atoms. The highest BCUT2D eigenvalue weighted by Crippen LogP contribution is 2.06. The number of carbonyl (C=O) groups excluding carboxylic acids is 1. The Hall–Kier alpha value is -1.26. The first kappa shape index (κ1) is 11.8. The maximum Gasteiger partial charge on any atom is 0.317 e. The minimum Gasteiger partial charge on any atom is -0.411 e. The third-order valence-corrected chi connectivity index (χ3v) is 2.58. The van der Waals surface area contributed by atoms with Crippen LogP contribution >= 0.6 is 0 Å².